The van der Waals surface area contributed by atoms with Crippen molar-refractivity contribution in [3.8, 4) is 5.75 Å². The molecule has 0 spiro atoms. The van der Waals surface area contributed by atoms with Crippen LogP contribution in [0.25, 0.3) is 0 Å². The zero-order chi connectivity index (χ0) is 20.0. The van der Waals surface area contributed by atoms with Crippen molar-refractivity contribution in [3.63, 3.8) is 0 Å². The zero-order valence-corrected chi connectivity index (χ0v) is 16.3. The average Bonchev–Trinajstić information content (AvgIpc) is 2.59. The molecule has 0 fully saturated rings. The maximum Gasteiger partial charge on any atom is 0.240 e. The largest absolute Gasteiger partial charge is 0.494 e. The molecule has 27 heavy (non-hydrogen) atoms. The highest BCUT2D eigenvalue weighted by molar-refractivity contribution is 7.89. The first-order chi connectivity index (χ1) is 12.7. The van der Waals surface area contributed by atoms with Crippen molar-refractivity contribution in [2.24, 2.45) is 0 Å². The van der Waals surface area contributed by atoms with E-state index in [9.17, 15) is 17.6 Å². The number of nitrogens with one attached hydrogen (secondary N) is 1. The summed E-state index contributed by atoms with van der Waals surface area (Å²) in [4.78, 5) is 13.4. The second-order valence-electron chi connectivity index (χ2n) is 5.91. The second kappa shape index (κ2) is 8.96. The van der Waals surface area contributed by atoms with Gasteiger partial charge in [-0.2, -0.15) is 0 Å². The molecule has 0 saturated heterocycles. The summed E-state index contributed by atoms with van der Waals surface area (Å²) in [5, 5.41) is 0. The quantitative estimate of drug-likeness (QED) is 0.747. The lowest BCUT2D eigenvalue weighted by Gasteiger charge is -2.22. The van der Waals surface area contributed by atoms with Crippen LogP contribution >= 0.6 is 0 Å². The van der Waals surface area contributed by atoms with Gasteiger partial charge in [0.25, 0.3) is 0 Å². The number of ether oxygens (including phenoxy) is 1. The van der Waals surface area contributed by atoms with Gasteiger partial charge in [0.05, 0.1) is 11.5 Å². The Morgan fingerprint density at radius 1 is 1.19 bits per heavy atom. The Kier molecular flexibility index (Phi) is 6.92. The number of benzene rings is 2. The van der Waals surface area contributed by atoms with Crippen LogP contribution in [0.2, 0.25) is 0 Å². The summed E-state index contributed by atoms with van der Waals surface area (Å²) in [6, 6.07) is 10.5. The summed E-state index contributed by atoms with van der Waals surface area (Å²) in [5.41, 5.74) is 0.959. The van der Waals surface area contributed by atoms with E-state index in [1.807, 2.05) is 6.92 Å². The molecule has 0 atom stereocenters. The van der Waals surface area contributed by atoms with Gasteiger partial charge in [0.2, 0.25) is 15.9 Å². The normalized spacial score (nSPS) is 11.3. The summed E-state index contributed by atoms with van der Waals surface area (Å²) in [6.45, 7) is 5.54. The summed E-state index contributed by atoms with van der Waals surface area (Å²) in [5.74, 6) is -0.0155. The molecule has 2 rings (SSSR count). The number of rotatable bonds is 8. The SMILES string of the molecule is CCOc1ccc(N(CCNS(=O)(=O)c2ccc(F)cc2C)C(C)=O)cc1. The third kappa shape index (κ3) is 5.51. The lowest BCUT2D eigenvalue weighted by atomic mass is 10.2. The number of carbonyl (C=O) groups excluding carboxylic acids is 1. The number of amides is 1. The highest BCUT2D eigenvalue weighted by atomic mass is 32.2. The van der Waals surface area contributed by atoms with E-state index >= 15 is 0 Å². The van der Waals surface area contributed by atoms with Crippen molar-refractivity contribution in [1.82, 2.24) is 4.72 Å². The Morgan fingerprint density at radius 2 is 1.85 bits per heavy atom. The standard InChI is InChI=1S/C19H23FN2O4S/c1-4-26-18-8-6-17(7-9-18)22(15(3)23)12-11-21-27(24,25)19-10-5-16(20)13-14(19)2/h5-10,13,21H,4,11-12H2,1-3H3. The second-order valence-corrected chi connectivity index (χ2v) is 7.64. The summed E-state index contributed by atoms with van der Waals surface area (Å²) in [7, 11) is -3.80. The third-order valence-corrected chi connectivity index (χ3v) is 5.51. The van der Waals surface area contributed by atoms with E-state index in [1.165, 1.54) is 24.8 Å². The topological polar surface area (TPSA) is 75.7 Å². The number of nitrogens with zero attached hydrogens (tertiary/aromatic N) is 1. The van der Waals surface area contributed by atoms with Crippen molar-refractivity contribution in [1.29, 1.82) is 0 Å². The van der Waals surface area contributed by atoms with E-state index in [-0.39, 0.29) is 23.9 Å². The van der Waals surface area contributed by atoms with Crippen LogP contribution in [0.1, 0.15) is 19.4 Å². The molecular weight excluding hydrogens is 371 g/mol. The number of carbonyl (C=O) groups is 1. The zero-order valence-electron chi connectivity index (χ0n) is 15.5. The number of halogens is 1. The monoisotopic (exact) mass is 394 g/mol. The van der Waals surface area contributed by atoms with Gasteiger partial charge < -0.3 is 9.64 Å². The van der Waals surface area contributed by atoms with Crippen molar-refractivity contribution in [3.05, 3.63) is 53.8 Å². The minimum atomic E-state index is -3.80. The molecule has 8 heteroatoms. The molecule has 0 radical (unpaired) electrons. The number of hydrogen-bond acceptors (Lipinski definition) is 4. The summed E-state index contributed by atoms with van der Waals surface area (Å²) >= 11 is 0. The van der Waals surface area contributed by atoms with Crippen molar-refractivity contribution in [2.75, 3.05) is 24.6 Å². The molecule has 0 bridgehead atoms. The van der Waals surface area contributed by atoms with Crippen LogP contribution in [-0.4, -0.2) is 34.0 Å². The van der Waals surface area contributed by atoms with E-state index in [0.29, 0.717) is 23.6 Å². The Labute approximate surface area is 159 Å². The van der Waals surface area contributed by atoms with Gasteiger partial charge in [0.15, 0.2) is 0 Å². The van der Waals surface area contributed by atoms with Crippen molar-refractivity contribution in [2.45, 2.75) is 25.7 Å². The fourth-order valence-corrected chi connectivity index (χ4v) is 3.89. The highest BCUT2D eigenvalue weighted by Gasteiger charge is 2.18. The molecule has 0 heterocycles. The minimum Gasteiger partial charge on any atom is -0.494 e. The first-order valence-electron chi connectivity index (χ1n) is 8.51. The average molecular weight is 394 g/mol. The summed E-state index contributed by atoms with van der Waals surface area (Å²) in [6.07, 6.45) is 0. The molecule has 2 aromatic rings. The molecule has 0 saturated carbocycles. The van der Waals surface area contributed by atoms with Crippen LogP contribution in [0, 0.1) is 12.7 Å². The van der Waals surface area contributed by atoms with Gasteiger partial charge in [-0.25, -0.2) is 17.5 Å². The number of sulfonamides is 1. The van der Waals surface area contributed by atoms with Crippen LogP contribution in [-0.2, 0) is 14.8 Å². The van der Waals surface area contributed by atoms with Gasteiger partial charge in [-0.3, -0.25) is 4.79 Å². The van der Waals surface area contributed by atoms with E-state index in [2.05, 4.69) is 4.72 Å². The minimum absolute atomic E-state index is 0.0133. The Morgan fingerprint density at radius 3 is 2.41 bits per heavy atom. The first-order valence-corrected chi connectivity index (χ1v) is 9.99. The molecule has 1 N–H and O–H groups in total. The van der Waals surface area contributed by atoms with Crippen LogP contribution < -0.4 is 14.4 Å². The molecule has 146 valence electrons. The maximum atomic E-state index is 13.2. The van der Waals surface area contributed by atoms with Crippen LogP contribution in [0.5, 0.6) is 5.75 Å². The maximum absolute atomic E-state index is 13.2. The molecule has 2 aromatic carbocycles. The number of anilines is 1. The number of hydrogen-bond donors (Lipinski definition) is 1. The van der Waals surface area contributed by atoms with Crippen molar-refractivity contribution < 1.29 is 22.3 Å². The van der Waals surface area contributed by atoms with Gasteiger partial charge in [-0.1, -0.05) is 0 Å². The molecule has 1 amide bonds. The van der Waals surface area contributed by atoms with Gasteiger partial charge >= 0.3 is 0 Å². The lowest BCUT2D eigenvalue weighted by Crippen LogP contribution is -2.37. The smallest absolute Gasteiger partial charge is 0.240 e. The Hall–Kier alpha value is -2.45. The van der Waals surface area contributed by atoms with Crippen LogP contribution in [0.3, 0.4) is 0 Å². The van der Waals surface area contributed by atoms with E-state index in [1.54, 1.807) is 24.3 Å². The van der Waals surface area contributed by atoms with Gasteiger partial charge in [-0.05, 0) is 61.9 Å². The predicted octanol–water partition coefficient (Wildman–Crippen LogP) is 2.86. The van der Waals surface area contributed by atoms with E-state index < -0.39 is 15.8 Å². The molecule has 6 nitrogen and oxygen atoms in total. The Bertz CT molecular complexity index is 898. The predicted molar refractivity (Wildman–Crippen MR) is 102 cm³/mol. The fourth-order valence-electron chi connectivity index (χ4n) is 2.64. The lowest BCUT2D eigenvalue weighted by molar-refractivity contribution is -0.116. The highest BCUT2D eigenvalue weighted by Crippen LogP contribution is 2.20. The Balaban J connectivity index is 2.06. The number of aryl methyl sites for hydroxylation is 1. The molecule has 0 aliphatic heterocycles. The third-order valence-electron chi connectivity index (χ3n) is 3.89. The van der Waals surface area contributed by atoms with Crippen LogP contribution in [0.15, 0.2) is 47.4 Å². The molecule has 0 aliphatic carbocycles. The first kappa shape index (κ1) is 20.9. The van der Waals surface area contributed by atoms with Crippen molar-refractivity contribution >= 4 is 21.6 Å². The van der Waals surface area contributed by atoms with E-state index in [4.69, 9.17) is 4.74 Å². The van der Waals surface area contributed by atoms with Crippen LogP contribution in [0.4, 0.5) is 10.1 Å². The molecule has 0 aliphatic rings. The molecule has 0 unspecified atom stereocenters. The van der Waals surface area contributed by atoms with Gasteiger partial charge in [-0.15, -0.1) is 0 Å². The molecule has 0 aromatic heterocycles. The summed E-state index contributed by atoms with van der Waals surface area (Å²) < 4.78 is 45.8. The van der Waals surface area contributed by atoms with Gasteiger partial charge in [0, 0.05) is 25.7 Å². The van der Waals surface area contributed by atoms with Gasteiger partial charge in [0.1, 0.15) is 11.6 Å². The fraction of sp³-hybridized carbons (Fsp3) is 0.316. The molecular formula is C19H23FN2O4S. The van der Waals surface area contributed by atoms with E-state index in [0.717, 1.165) is 12.1 Å².